The molecule has 0 saturated carbocycles. The number of aliphatic hydroxyl groups excluding tert-OH is 1. The number of rotatable bonds is 0. The van der Waals surface area contributed by atoms with Gasteiger partial charge in [0.1, 0.15) is 11.3 Å². The molecule has 0 spiro atoms. The Hall–Kier alpha value is -2.14. The van der Waals surface area contributed by atoms with Gasteiger partial charge in [-0.25, -0.2) is 0 Å². The van der Waals surface area contributed by atoms with Crippen LogP contribution in [0.4, 0.5) is 0 Å². The van der Waals surface area contributed by atoms with Gasteiger partial charge in [-0.05, 0) is 24.6 Å². The first-order chi connectivity index (χ1) is 8.13. The zero-order valence-corrected chi connectivity index (χ0v) is 9.10. The molecule has 2 N–H and O–H groups in total. The number of benzene rings is 1. The summed E-state index contributed by atoms with van der Waals surface area (Å²) in [5.74, 6) is 0.433. The predicted octanol–water partition coefficient (Wildman–Crippen LogP) is 0.575. The number of ether oxygens (including phenoxy) is 1. The van der Waals surface area contributed by atoms with Gasteiger partial charge in [0.05, 0.1) is 0 Å². The quantitative estimate of drug-likeness (QED) is 0.684. The number of hydrogen-bond acceptors (Lipinski definition) is 4. The van der Waals surface area contributed by atoms with Crippen molar-refractivity contribution in [3.05, 3.63) is 34.9 Å². The van der Waals surface area contributed by atoms with Gasteiger partial charge in [0.15, 0.2) is 0 Å². The lowest BCUT2D eigenvalue weighted by Crippen LogP contribution is -2.43. The number of aliphatic hydroxyl groups is 1. The van der Waals surface area contributed by atoms with Gasteiger partial charge < -0.3 is 15.2 Å². The highest BCUT2D eigenvalue weighted by Gasteiger charge is 2.29. The molecule has 1 aromatic rings. The van der Waals surface area contributed by atoms with Crippen molar-refractivity contribution in [3.8, 4) is 5.75 Å². The summed E-state index contributed by atoms with van der Waals surface area (Å²) >= 11 is 0. The molecule has 1 amide bonds. The molecule has 2 aliphatic heterocycles. The van der Waals surface area contributed by atoms with Gasteiger partial charge in [0.2, 0.25) is 12.2 Å². The van der Waals surface area contributed by atoms with Crippen LogP contribution in [0.25, 0.3) is 6.08 Å². The minimum Gasteiger partial charge on any atom is -0.438 e. The molecule has 5 nitrogen and oxygen atoms in total. The lowest BCUT2D eigenvalue weighted by Gasteiger charge is -2.24. The van der Waals surface area contributed by atoms with E-state index < -0.39 is 6.35 Å². The van der Waals surface area contributed by atoms with E-state index in [-0.39, 0.29) is 11.8 Å². The molecule has 17 heavy (non-hydrogen) atoms. The van der Waals surface area contributed by atoms with Crippen LogP contribution in [0.1, 0.15) is 11.1 Å². The number of carbonyl (C=O) groups is 1. The Morgan fingerprint density at radius 1 is 1.47 bits per heavy atom. The number of fused-ring (bicyclic) bond motifs is 2. The summed E-state index contributed by atoms with van der Waals surface area (Å²) in [6.45, 7) is 1.95. The lowest BCUT2D eigenvalue weighted by molar-refractivity contribution is -0.120. The molecular weight excluding hydrogens is 220 g/mol. The van der Waals surface area contributed by atoms with Crippen LogP contribution < -0.4 is 10.1 Å². The van der Waals surface area contributed by atoms with Crippen molar-refractivity contribution < 1.29 is 14.6 Å². The Morgan fingerprint density at radius 2 is 2.29 bits per heavy atom. The van der Waals surface area contributed by atoms with E-state index in [9.17, 15) is 9.90 Å². The van der Waals surface area contributed by atoms with Crippen LogP contribution in [-0.2, 0) is 4.79 Å². The highest BCUT2D eigenvalue weighted by atomic mass is 16.5. The first-order valence-electron chi connectivity index (χ1n) is 5.21. The monoisotopic (exact) mass is 230 g/mol. The summed E-state index contributed by atoms with van der Waals surface area (Å²) in [6, 6.07) is 5.69. The fourth-order valence-corrected chi connectivity index (χ4v) is 1.82. The second-order valence-corrected chi connectivity index (χ2v) is 3.98. The van der Waals surface area contributed by atoms with Gasteiger partial charge in [0, 0.05) is 5.56 Å². The van der Waals surface area contributed by atoms with Gasteiger partial charge in [-0.1, -0.05) is 12.1 Å². The lowest BCUT2D eigenvalue weighted by atomic mass is 10.0. The fourth-order valence-electron chi connectivity index (χ4n) is 1.82. The van der Waals surface area contributed by atoms with Crippen molar-refractivity contribution in [1.82, 2.24) is 5.32 Å². The predicted molar refractivity (Wildman–Crippen MR) is 61.4 cm³/mol. The summed E-state index contributed by atoms with van der Waals surface area (Å²) in [5, 5.41) is 11.6. The average molecular weight is 230 g/mol. The van der Waals surface area contributed by atoms with Crippen molar-refractivity contribution in [2.24, 2.45) is 4.99 Å². The maximum absolute atomic E-state index is 11.6. The summed E-state index contributed by atoms with van der Waals surface area (Å²) in [6.07, 6.45) is 0.471. The first-order valence-corrected chi connectivity index (χ1v) is 5.21. The third-order valence-corrected chi connectivity index (χ3v) is 2.65. The molecule has 0 fully saturated rings. The maximum atomic E-state index is 11.6. The molecule has 0 aliphatic carbocycles. The van der Waals surface area contributed by atoms with Gasteiger partial charge >= 0.3 is 0 Å². The van der Waals surface area contributed by atoms with Gasteiger partial charge in [0.25, 0.3) is 5.91 Å². The zero-order chi connectivity index (χ0) is 12.0. The van der Waals surface area contributed by atoms with Crippen LogP contribution in [0.3, 0.4) is 0 Å². The number of nitrogens with one attached hydrogen (secondary N) is 1. The number of carbonyl (C=O) groups excluding carboxylic acids is 1. The van der Waals surface area contributed by atoms with Gasteiger partial charge in [-0.15, -0.1) is 0 Å². The van der Waals surface area contributed by atoms with E-state index in [4.69, 9.17) is 4.74 Å². The van der Waals surface area contributed by atoms with Gasteiger partial charge in [-0.2, -0.15) is 4.99 Å². The van der Waals surface area contributed by atoms with Gasteiger partial charge in [-0.3, -0.25) is 4.79 Å². The second kappa shape index (κ2) is 3.43. The van der Waals surface area contributed by atoms with Crippen LogP contribution in [0.5, 0.6) is 5.75 Å². The smallest absolute Gasteiger partial charge is 0.260 e. The molecule has 2 heterocycles. The average Bonchev–Trinajstić information content (AvgIpc) is 2.26. The Bertz CT molecular complexity index is 575. The van der Waals surface area contributed by atoms with Crippen LogP contribution in [0.2, 0.25) is 0 Å². The summed E-state index contributed by atoms with van der Waals surface area (Å²) in [5.41, 5.74) is 2.23. The van der Waals surface area contributed by atoms with Crippen molar-refractivity contribution >= 4 is 17.9 Å². The molecule has 86 valence electrons. The highest BCUT2D eigenvalue weighted by molar-refractivity contribution is 6.24. The Labute approximate surface area is 97.4 Å². The number of aliphatic imine (C=N–C) groups is 1. The van der Waals surface area contributed by atoms with E-state index >= 15 is 0 Å². The molecule has 0 bridgehead atoms. The van der Waals surface area contributed by atoms with E-state index in [0.717, 1.165) is 11.1 Å². The van der Waals surface area contributed by atoms with E-state index in [0.29, 0.717) is 11.3 Å². The minimum atomic E-state index is -1.24. The van der Waals surface area contributed by atoms with E-state index in [1.54, 1.807) is 6.08 Å². The molecule has 5 heteroatoms. The van der Waals surface area contributed by atoms with E-state index in [1.807, 2.05) is 25.1 Å². The third-order valence-electron chi connectivity index (χ3n) is 2.65. The van der Waals surface area contributed by atoms with Crippen LogP contribution in [-0.4, -0.2) is 23.3 Å². The summed E-state index contributed by atoms with van der Waals surface area (Å²) in [4.78, 5) is 15.4. The zero-order valence-electron chi connectivity index (χ0n) is 9.10. The third kappa shape index (κ3) is 1.60. The summed E-state index contributed by atoms with van der Waals surface area (Å²) in [7, 11) is 0. The number of aryl methyl sites for hydroxylation is 1. The molecule has 0 aromatic heterocycles. The molecule has 1 atom stereocenters. The largest absolute Gasteiger partial charge is 0.438 e. The number of nitrogens with zero attached hydrogens (tertiary/aromatic N) is 1. The second-order valence-electron chi connectivity index (χ2n) is 3.98. The number of amides is 1. The van der Waals surface area contributed by atoms with Crippen molar-refractivity contribution in [2.75, 3.05) is 0 Å². The number of hydrogen-bond donors (Lipinski definition) is 2. The molecule has 3 rings (SSSR count). The molecule has 0 radical (unpaired) electrons. The molecule has 1 unspecified atom stereocenters. The molecule has 0 saturated heterocycles. The topological polar surface area (TPSA) is 70.9 Å². The Balaban J connectivity index is 2.14. The Kier molecular flexibility index (Phi) is 2.02. The summed E-state index contributed by atoms with van der Waals surface area (Å²) < 4.78 is 5.52. The highest BCUT2D eigenvalue weighted by Crippen LogP contribution is 2.29. The SMILES string of the molecule is Cc1ccc2c(c1)OC1=NC(O)NC(=O)C1=C2. The van der Waals surface area contributed by atoms with Crippen LogP contribution in [0, 0.1) is 6.92 Å². The maximum Gasteiger partial charge on any atom is 0.260 e. The van der Waals surface area contributed by atoms with E-state index in [1.165, 1.54) is 0 Å². The minimum absolute atomic E-state index is 0.166. The normalized spacial score (nSPS) is 21.5. The van der Waals surface area contributed by atoms with Crippen molar-refractivity contribution in [2.45, 2.75) is 13.3 Å². The van der Waals surface area contributed by atoms with E-state index in [2.05, 4.69) is 10.3 Å². The molecule has 2 aliphatic rings. The van der Waals surface area contributed by atoms with Crippen LogP contribution in [0.15, 0.2) is 28.8 Å². The molecular formula is C12H10N2O3. The van der Waals surface area contributed by atoms with Crippen molar-refractivity contribution in [3.63, 3.8) is 0 Å². The fraction of sp³-hybridized carbons (Fsp3) is 0.167. The Morgan fingerprint density at radius 3 is 3.12 bits per heavy atom. The van der Waals surface area contributed by atoms with Crippen LogP contribution >= 0.6 is 0 Å². The standard InChI is InChI=1S/C12H10N2O3/c1-6-2-3-7-5-8-10(15)13-12(16)14-11(8)17-9(7)4-6/h2-5,12,16H,1H3,(H,13,15). The van der Waals surface area contributed by atoms with Crippen molar-refractivity contribution in [1.29, 1.82) is 0 Å². The molecule has 1 aromatic carbocycles. The first kappa shape index (κ1) is 10.0.